The molecule has 4 aromatic rings. The Bertz CT molecular complexity index is 1350. The van der Waals surface area contributed by atoms with E-state index in [4.69, 9.17) is 5.10 Å². The molecule has 2 aromatic carbocycles. The molecule has 0 aliphatic heterocycles. The summed E-state index contributed by atoms with van der Waals surface area (Å²) in [6.07, 6.45) is 2.34. The molecule has 0 radical (unpaired) electrons. The lowest BCUT2D eigenvalue weighted by molar-refractivity contribution is -0.113. The number of rotatable bonds is 7. The molecule has 1 aliphatic carbocycles. The van der Waals surface area contributed by atoms with E-state index in [1.165, 1.54) is 35.7 Å². The molecular formula is C26H28N6OS. The number of aryl methyl sites for hydroxylation is 3. The van der Waals surface area contributed by atoms with Crippen molar-refractivity contribution in [2.45, 2.75) is 44.7 Å². The monoisotopic (exact) mass is 472 g/mol. The fourth-order valence-electron chi connectivity index (χ4n) is 4.06. The number of carbonyl (C=O) groups is 1. The van der Waals surface area contributed by atoms with Gasteiger partial charge < -0.3 is 9.88 Å². The lowest BCUT2D eigenvalue weighted by Gasteiger charge is -2.09. The second-order valence-electron chi connectivity index (χ2n) is 8.92. The van der Waals surface area contributed by atoms with Gasteiger partial charge >= 0.3 is 0 Å². The van der Waals surface area contributed by atoms with Crippen LogP contribution in [-0.4, -0.2) is 36.2 Å². The summed E-state index contributed by atoms with van der Waals surface area (Å²) in [5, 5.41) is 17.3. The molecule has 2 aromatic heterocycles. The maximum Gasteiger partial charge on any atom is 0.236 e. The second kappa shape index (κ2) is 9.10. The first-order chi connectivity index (χ1) is 16.4. The number of hydrogen-bond donors (Lipinski definition) is 1. The standard InChI is InChI=1S/C26H28N6OS/c1-16-12-18(3)21(13-17(16)2)22-14-23(32(30-22)20-8-6-5-7-9-20)27-24(33)15-34-26-29-28-25(31(26)4)19-10-11-19/h5-9,12-14,19H,10-11,15H2,1-4H3,(H,27,33). The van der Waals surface area contributed by atoms with Crippen LogP contribution in [0.15, 0.2) is 53.7 Å². The molecule has 1 aliphatic rings. The van der Waals surface area contributed by atoms with E-state index in [1.807, 2.05) is 48.0 Å². The van der Waals surface area contributed by atoms with Gasteiger partial charge in [-0.2, -0.15) is 5.10 Å². The van der Waals surface area contributed by atoms with Crippen LogP contribution < -0.4 is 5.32 Å². The summed E-state index contributed by atoms with van der Waals surface area (Å²) in [7, 11) is 1.97. The summed E-state index contributed by atoms with van der Waals surface area (Å²) in [5.74, 6) is 2.31. The van der Waals surface area contributed by atoms with Crippen molar-refractivity contribution in [3.05, 3.63) is 71.0 Å². The fourth-order valence-corrected chi connectivity index (χ4v) is 4.78. The fraction of sp³-hybridized carbons (Fsp3) is 0.308. The number of benzene rings is 2. The first kappa shape index (κ1) is 22.4. The van der Waals surface area contributed by atoms with E-state index in [0.29, 0.717) is 11.7 Å². The maximum atomic E-state index is 12.9. The third-order valence-electron chi connectivity index (χ3n) is 6.24. The minimum atomic E-state index is -0.110. The number of aromatic nitrogens is 5. The van der Waals surface area contributed by atoms with Gasteiger partial charge in [-0.3, -0.25) is 4.79 Å². The molecule has 8 heteroatoms. The van der Waals surface area contributed by atoms with E-state index >= 15 is 0 Å². The smallest absolute Gasteiger partial charge is 0.236 e. The van der Waals surface area contributed by atoms with Crippen molar-refractivity contribution in [3.63, 3.8) is 0 Å². The van der Waals surface area contributed by atoms with Crippen LogP contribution in [-0.2, 0) is 11.8 Å². The predicted octanol–water partition coefficient (Wildman–Crippen LogP) is 5.20. The van der Waals surface area contributed by atoms with Crippen molar-refractivity contribution < 1.29 is 4.79 Å². The molecule has 1 saturated carbocycles. The van der Waals surface area contributed by atoms with E-state index in [9.17, 15) is 4.79 Å². The zero-order valence-electron chi connectivity index (χ0n) is 19.9. The third-order valence-corrected chi connectivity index (χ3v) is 7.26. The number of amides is 1. The predicted molar refractivity (Wildman–Crippen MR) is 136 cm³/mol. The molecular weight excluding hydrogens is 444 g/mol. The molecule has 174 valence electrons. The van der Waals surface area contributed by atoms with Crippen LogP contribution in [0.1, 0.15) is 41.3 Å². The number of hydrogen-bond acceptors (Lipinski definition) is 5. The number of para-hydroxylation sites is 1. The summed E-state index contributed by atoms with van der Waals surface area (Å²) in [5.41, 5.74) is 6.40. The topological polar surface area (TPSA) is 77.6 Å². The highest BCUT2D eigenvalue weighted by atomic mass is 32.2. The maximum absolute atomic E-state index is 12.9. The highest BCUT2D eigenvalue weighted by molar-refractivity contribution is 7.99. The largest absolute Gasteiger partial charge is 0.310 e. The summed E-state index contributed by atoms with van der Waals surface area (Å²) >= 11 is 1.40. The van der Waals surface area contributed by atoms with Gasteiger partial charge in [0.1, 0.15) is 11.6 Å². The van der Waals surface area contributed by atoms with E-state index in [2.05, 4.69) is 48.4 Å². The Morgan fingerprint density at radius 1 is 1.03 bits per heavy atom. The van der Waals surface area contributed by atoms with Crippen LogP contribution in [0.5, 0.6) is 0 Å². The highest BCUT2D eigenvalue weighted by Gasteiger charge is 2.29. The Hall–Kier alpha value is -3.39. The summed E-state index contributed by atoms with van der Waals surface area (Å²) < 4.78 is 3.80. The minimum Gasteiger partial charge on any atom is -0.310 e. The van der Waals surface area contributed by atoms with Gasteiger partial charge in [0.2, 0.25) is 5.91 Å². The van der Waals surface area contributed by atoms with Gasteiger partial charge in [0.05, 0.1) is 17.1 Å². The van der Waals surface area contributed by atoms with Crippen molar-refractivity contribution in [3.8, 4) is 16.9 Å². The van der Waals surface area contributed by atoms with E-state index in [0.717, 1.165) is 33.5 Å². The molecule has 0 spiro atoms. The van der Waals surface area contributed by atoms with Crippen molar-refractivity contribution >= 4 is 23.5 Å². The van der Waals surface area contributed by atoms with Gasteiger partial charge in [-0.05, 0) is 68.5 Å². The molecule has 1 amide bonds. The number of anilines is 1. The zero-order valence-corrected chi connectivity index (χ0v) is 20.7. The van der Waals surface area contributed by atoms with Crippen LogP contribution in [0.2, 0.25) is 0 Å². The van der Waals surface area contributed by atoms with Crippen molar-refractivity contribution in [2.75, 3.05) is 11.1 Å². The van der Waals surface area contributed by atoms with Crippen molar-refractivity contribution in [1.29, 1.82) is 0 Å². The number of thioether (sulfide) groups is 1. The normalized spacial score (nSPS) is 13.3. The highest BCUT2D eigenvalue weighted by Crippen LogP contribution is 2.39. The Labute approximate surface area is 203 Å². The molecule has 1 fully saturated rings. The molecule has 0 bridgehead atoms. The quantitative estimate of drug-likeness (QED) is 0.374. The van der Waals surface area contributed by atoms with Gasteiger partial charge in [0.15, 0.2) is 5.16 Å². The average molecular weight is 473 g/mol. The van der Waals surface area contributed by atoms with Crippen LogP contribution in [0.25, 0.3) is 16.9 Å². The van der Waals surface area contributed by atoms with Gasteiger partial charge in [0, 0.05) is 24.6 Å². The first-order valence-electron chi connectivity index (χ1n) is 11.5. The number of carbonyl (C=O) groups excluding carboxylic acids is 1. The van der Waals surface area contributed by atoms with E-state index < -0.39 is 0 Å². The molecule has 7 nitrogen and oxygen atoms in total. The van der Waals surface area contributed by atoms with Gasteiger partial charge in [0.25, 0.3) is 0 Å². The molecule has 5 rings (SSSR count). The second-order valence-corrected chi connectivity index (χ2v) is 9.87. The summed E-state index contributed by atoms with van der Waals surface area (Å²) in [6.45, 7) is 6.31. The average Bonchev–Trinajstić information content (AvgIpc) is 3.48. The van der Waals surface area contributed by atoms with Crippen LogP contribution in [0.4, 0.5) is 5.82 Å². The van der Waals surface area contributed by atoms with E-state index in [1.54, 1.807) is 4.68 Å². The van der Waals surface area contributed by atoms with Crippen LogP contribution >= 0.6 is 11.8 Å². The van der Waals surface area contributed by atoms with Crippen LogP contribution in [0, 0.1) is 20.8 Å². The molecule has 2 heterocycles. The van der Waals surface area contributed by atoms with Crippen molar-refractivity contribution in [1.82, 2.24) is 24.5 Å². The Morgan fingerprint density at radius 3 is 2.50 bits per heavy atom. The number of nitrogens with one attached hydrogen (secondary N) is 1. The Balaban J connectivity index is 1.40. The SMILES string of the molecule is Cc1cc(C)c(-c2cc(NC(=O)CSc3nnc(C4CC4)n3C)n(-c3ccccc3)n2)cc1C. The summed E-state index contributed by atoms with van der Waals surface area (Å²) in [6, 6.07) is 16.1. The molecule has 34 heavy (non-hydrogen) atoms. The van der Waals surface area contributed by atoms with E-state index in [-0.39, 0.29) is 11.7 Å². The van der Waals surface area contributed by atoms with Gasteiger partial charge in [-0.1, -0.05) is 36.0 Å². The number of nitrogens with zero attached hydrogens (tertiary/aromatic N) is 5. The Morgan fingerprint density at radius 2 is 1.76 bits per heavy atom. The molecule has 0 atom stereocenters. The third kappa shape index (κ3) is 4.50. The molecule has 1 N–H and O–H groups in total. The first-order valence-corrected chi connectivity index (χ1v) is 12.4. The molecule has 0 unspecified atom stereocenters. The lowest BCUT2D eigenvalue weighted by Crippen LogP contribution is -2.17. The van der Waals surface area contributed by atoms with Gasteiger partial charge in [-0.25, -0.2) is 4.68 Å². The zero-order chi connectivity index (χ0) is 23.8. The van der Waals surface area contributed by atoms with Crippen LogP contribution in [0.3, 0.4) is 0 Å². The Kier molecular flexibility index (Phi) is 6.00. The van der Waals surface area contributed by atoms with Crippen molar-refractivity contribution in [2.24, 2.45) is 7.05 Å². The van der Waals surface area contributed by atoms with Gasteiger partial charge in [-0.15, -0.1) is 10.2 Å². The molecule has 0 saturated heterocycles. The lowest BCUT2D eigenvalue weighted by atomic mass is 9.99. The minimum absolute atomic E-state index is 0.110. The summed E-state index contributed by atoms with van der Waals surface area (Å²) in [4.78, 5) is 12.9.